The average molecular weight is 929 g/mol. The SMILES string of the molecule is CCCCCCCCC(CCCCCCCC)OC(=O)CCCCCCCOP(=O)(NCCCN(C)C)OCCCCCCC(=O)OC(CCCCCCCC)CCCCCCCC. The molecule has 0 aliphatic heterocycles. The molecule has 0 radical (unpaired) electrons. The summed E-state index contributed by atoms with van der Waals surface area (Å²) in [6.07, 6.45) is 44.1. The number of hydrogen-bond donors (Lipinski definition) is 1. The first-order chi connectivity index (χ1) is 31.2. The van der Waals surface area contributed by atoms with E-state index in [0.29, 0.717) is 32.6 Å². The fourth-order valence-corrected chi connectivity index (χ4v) is 9.79. The number of ether oxygens (including phenoxy) is 2. The molecule has 64 heavy (non-hydrogen) atoms. The van der Waals surface area contributed by atoms with Crippen LogP contribution >= 0.6 is 7.75 Å². The number of nitrogens with one attached hydrogen (secondary N) is 1. The molecule has 0 heterocycles. The van der Waals surface area contributed by atoms with Gasteiger partial charge in [-0.25, -0.2) is 9.65 Å². The van der Waals surface area contributed by atoms with E-state index in [4.69, 9.17) is 18.5 Å². The van der Waals surface area contributed by atoms with Crippen LogP contribution in [-0.4, -0.2) is 69.4 Å². The van der Waals surface area contributed by atoms with Gasteiger partial charge >= 0.3 is 19.7 Å². The third kappa shape index (κ3) is 44.8. The van der Waals surface area contributed by atoms with E-state index in [-0.39, 0.29) is 24.1 Å². The Morgan fingerprint density at radius 3 is 1.05 bits per heavy atom. The van der Waals surface area contributed by atoms with Crippen molar-refractivity contribution in [2.45, 2.75) is 297 Å². The topological polar surface area (TPSA) is 103 Å². The Morgan fingerprint density at radius 1 is 0.422 bits per heavy atom. The van der Waals surface area contributed by atoms with Crippen LogP contribution in [0.5, 0.6) is 0 Å². The second-order valence-corrected chi connectivity index (χ2v) is 21.2. The van der Waals surface area contributed by atoms with Crippen molar-refractivity contribution in [1.29, 1.82) is 0 Å². The Kier molecular flexibility index (Phi) is 47.7. The molecule has 0 amide bonds. The van der Waals surface area contributed by atoms with Gasteiger partial charge in [-0.05, 0) is 104 Å². The number of carbonyl (C=O) groups excluding carboxylic acids is 2. The van der Waals surface area contributed by atoms with Gasteiger partial charge in [0.15, 0.2) is 0 Å². The van der Waals surface area contributed by atoms with E-state index in [1.807, 2.05) is 14.1 Å². The highest BCUT2D eigenvalue weighted by Crippen LogP contribution is 2.44. The largest absolute Gasteiger partial charge is 0.462 e. The van der Waals surface area contributed by atoms with Gasteiger partial charge in [-0.2, -0.15) is 0 Å². The van der Waals surface area contributed by atoms with Crippen LogP contribution in [0.4, 0.5) is 0 Å². The molecule has 1 N–H and O–H groups in total. The first kappa shape index (κ1) is 63.0. The van der Waals surface area contributed by atoms with Gasteiger partial charge in [0.25, 0.3) is 0 Å². The van der Waals surface area contributed by atoms with Crippen LogP contribution in [0.1, 0.15) is 285 Å². The quantitative estimate of drug-likeness (QED) is 0.0363. The van der Waals surface area contributed by atoms with Gasteiger partial charge in [0.05, 0.1) is 13.2 Å². The molecule has 0 aliphatic carbocycles. The minimum Gasteiger partial charge on any atom is -0.462 e. The Balaban J connectivity index is 4.57. The van der Waals surface area contributed by atoms with Gasteiger partial charge in [0.1, 0.15) is 12.2 Å². The molecule has 1 atom stereocenters. The Morgan fingerprint density at radius 2 is 0.719 bits per heavy atom. The van der Waals surface area contributed by atoms with Crippen LogP contribution < -0.4 is 5.09 Å². The molecule has 0 bridgehead atoms. The van der Waals surface area contributed by atoms with Gasteiger partial charge in [-0.3, -0.25) is 18.6 Å². The Bertz CT molecular complexity index is 1020. The molecule has 0 fully saturated rings. The Labute approximate surface area is 398 Å². The highest BCUT2D eigenvalue weighted by atomic mass is 31.2. The third-order valence-electron chi connectivity index (χ3n) is 12.5. The lowest BCUT2D eigenvalue weighted by Gasteiger charge is -2.20. The van der Waals surface area contributed by atoms with Crippen LogP contribution in [0.15, 0.2) is 0 Å². The van der Waals surface area contributed by atoms with E-state index in [2.05, 4.69) is 37.7 Å². The number of esters is 2. The van der Waals surface area contributed by atoms with Crippen LogP contribution in [-0.2, 0) is 32.7 Å². The first-order valence-electron chi connectivity index (χ1n) is 27.9. The molecule has 0 rings (SSSR count). The van der Waals surface area contributed by atoms with Gasteiger partial charge < -0.3 is 14.4 Å². The molecular formula is C54H109N2O7P. The van der Waals surface area contributed by atoms with Crippen molar-refractivity contribution in [3.63, 3.8) is 0 Å². The zero-order chi connectivity index (χ0) is 47.0. The second kappa shape index (κ2) is 48.5. The summed E-state index contributed by atoms with van der Waals surface area (Å²) in [6, 6.07) is 0. The molecule has 1 unspecified atom stereocenters. The molecule has 382 valence electrons. The third-order valence-corrected chi connectivity index (χ3v) is 14.2. The number of carbonyl (C=O) groups is 2. The van der Waals surface area contributed by atoms with Gasteiger partial charge in [0, 0.05) is 19.4 Å². The minimum absolute atomic E-state index is 0.0347. The van der Waals surface area contributed by atoms with Crippen molar-refractivity contribution < 1.29 is 32.7 Å². The summed E-state index contributed by atoms with van der Waals surface area (Å²) in [5.41, 5.74) is 0. The monoisotopic (exact) mass is 929 g/mol. The Hall–Kier alpha value is -0.990. The first-order valence-corrected chi connectivity index (χ1v) is 29.4. The van der Waals surface area contributed by atoms with Crippen molar-refractivity contribution in [3.8, 4) is 0 Å². The molecule has 0 aromatic heterocycles. The summed E-state index contributed by atoms with van der Waals surface area (Å²) in [7, 11) is 0.641. The minimum atomic E-state index is -3.43. The standard InChI is InChI=1S/C54H109N2O7P/c1-7-11-15-19-24-32-41-51(42-33-25-20-16-12-8-2)62-53(57)45-36-28-23-30-38-49-60-64(59,55-47-40-48-56(5)6)61-50-39-31-29-37-46-54(58)63-52(43-34-26-21-17-13-9-3)44-35-27-22-18-14-10-4/h51-52H,7-50H2,1-6H3,(H,55,59). The number of nitrogens with zero attached hydrogens (tertiary/aromatic N) is 1. The van der Waals surface area contributed by atoms with E-state index in [9.17, 15) is 14.2 Å². The maximum atomic E-state index is 13.7. The van der Waals surface area contributed by atoms with Crippen molar-refractivity contribution in [2.24, 2.45) is 0 Å². The second-order valence-electron chi connectivity index (χ2n) is 19.4. The smallest absolute Gasteiger partial charge is 0.405 e. The lowest BCUT2D eigenvalue weighted by molar-refractivity contribution is -0.151. The molecule has 0 aromatic rings. The molecule has 9 nitrogen and oxygen atoms in total. The van der Waals surface area contributed by atoms with Crippen molar-refractivity contribution in [3.05, 3.63) is 0 Å². The summed E-state index contributed by atoms with van der Waals surface area (Å²) in [5.74, 6) is -0.0885. The van der Waals surface area contributed by atoms with Gasteiger partial charge in [-0.15, -0.1) is 0 Å². The van der Waals surface area contributed by atoms with Crippen LogP contribution in [0, 0.1) is 0 Å². The van der Waals surface area contributed by atoms with Crippen molar-refractivity contribution in [2.75, 3.05) is 40.4 Å². The predicted molar refractivity (Wildman–Crippen MR) is 273 cm³/mol. The van der Waals surface area contributed by atoms with E-state index >= 15 is 0 Å². The van der Waals surface area contributed by atoms with Gasteiger partial charge in [0.2, 0.25) is 0 Å². The van der Waals surface area contributed by atoms with E-state index in [0.717, 1.165) is 122 Å². The van der Waals surface area contributed by atoms with E-state index < -0.39 is 7.75 Å². The van der Waals surface area contributed by atoms with Crippen molar-refractivity contribution >= 4 is 19.7 Å². The number of hydrogen-bond acceptors (Lipinski definition) is 8. The number of rotatable bonds is 52. The fraction of sp³-hybridized carbons (Fsp3) is 0.963. The summed E-state index contributed by atoms with van der Waals surface area (Å²) in [4.78, 5) is 27.8. The summed E-state index contributed by atoms with van der Waals surface area (Å²) < 4.78 is 37.6. The maximum Gasteiger partial charge on any atom is 0.405 e. The normalized spacial score (nSPS) is 12.8. The van der Waals surface area contributed by atoms with Crippen LogP contribution in [0.2, 0.25) is 0 Å². The molecule has 0 spiro atoms. The van der Waals surface area contributed by atoms with Crippen LogP contribution in [0.3, 0.4) is 0 Å². The average Bonchev–Trinajstić information content (AvgIpc) is 3.27. The molecule has 0 saturated heterocycles. The molecule has 10 heteroatoms. The summed E-state index contributed by atoms with van der Waals surface area (Å²) in [6.45, 7) is 11.2. The molecule has 0 aliphatic rings. The van der Waals surface area contributed by atoms with E-state index in [1.54, 1.807) is 0 Å². The molecule has 0 saturated carbocycles. The highest BCUT2D eigenvalue weighted by Gasteiger charge is 2.24. The lowest BCUT2D eigenvalue weighted by atomic mass is 10.0. The highest BCUT2D eigenvalue weighted by molar-refractivity contribution is 7.51. The van der Waals surface area contributed by atoms with Crippen molar-refractivity contribution in [1.82, 2.24) is 9.99 Å². The maximum absolute atomic E-state index is 13.7. The number of unbranched alkanes of at least 4 members (excludes halogenated alkanes) is 27. The zero-order valence-electron chi connectivity index (χ0n) is 43.5. The van der Waals surface area contributed by atoms with E-state index in [1.165, 1.54) is 128 Å². The fourth-order valence-electron chi connectivity index (χ4n) is 8.36. The molecular weight excluding hydrogens is 820 g/mol. The summed E-state index contributed by atoms with van der Waals surface area (Å²) in [5, 5.41) is 3.10. The van der Waals surface area contributed by atoms with Crippen LogP contribution in [0.25, 0.3) is 0 Å². The zero-order valence-corrected chi connectivity index (χ0v) is 44.4. The lowest BCUT2D eigenvalue weighted by Crippen LogP contribution is -2.21. The van der Waals surface area contributed by atoms with Gasteiger partial charge in [-0.1, -0.05) is 188 Å². The summed E-state index contributed by atoms with van der Waals surface area (Å²) >= 11 is 0. The molecule has 0 aromatic carbocycles. The predicted octanol–water partition coefficient (Wildman–Crippen LogP) is 16.8.